The van der Waals surface area contributed by atoms with Crippen molar-refractivity contribution in [3.63, 3.8) is 0 Å². The number of para-hydroxylation sites is 1. The average Bonchev–Trinajstić information content (AvgIpc) is 2.71. The Hall–Kier alpha value is -1.10. The Labute approximate surface area is 108 Å². The molecule has 0 bridgehead atoms. The highest BCUT2D eigenvalue weighted by Gasteiger charge is 2.33. The lowest BCUT2D eigenvalue weighted by molar-refractivity contribution is 0.531. The van der Waals surface area contributed by atoms with Crippen molar-refractivity contribution in [1.29, 1.82) is 0 Å². The molecular weight excluding hydrogens is 253 g/mol. The number of fused-ring (bicyclic) bond motifs is 1. The lowest BCUT2D eigenvalue weighted by atomic mass is 9.85. The van der Waals surface area contributed by atoms with Crippen LogP contribution >= 0.6 is 0 Å². The fourth-order valence-corrected chi connectivity index (χ4v) is 3.34. The maximum atomic E-state index is 12.7. The van der Waals surface area contributed by atoms with Gasteiger partial charge in [0.1, 0.15) is 0 Å². The Balaban J connectivity index is 2.62. The Bertz CT molecular complexity index is 561. The lowest BCUT2D eigenvalue weighted by Crippen LogP contribution is -2.32. The third-order valence-corrected chi connectivity index (χ3v) is 4.55. The molecule has 1 heterocycles. The molecule has 0 aliphatic carbocycles. The monoisotopic (exact) mass is 271 g/mol. The number of nitrogens with zero attached hydrogens (tertiary/aromatic N) is 1. The smallest absolute Gasteiger partial charge is 0.264 e. The summed E-state index contributed by atoms with van der Waals surface area (Å²) in [5.74, 6) is 0. The van der Waals surface area contributed by atoms with Gasteiger partial charge in [-0.05, 0) is 23.0 Å². The van der Waals surface area contributed by atoms with Crippen LogP contribution in [0.4, 0.5) is 10.1 Å². The molecule has 0 unspecified atom stereocenters. The summed E-state index contributed by atoms with van der Waals surface area (Å²) in [6.07, 6.45) is 0.651. The molecular formula is C13H18FNO2S. The molecule has 18 heavy (non-hydrogen) atoms. The number of anilines is 1. The number of benzene rings is 1. The van der Waals surface area contributed by atoms with Crippen LogP contribution in [0, 0.1) is 0 Å². The summed E-state index contributed by atoms with van der Waals surface area (Å²) in [5.41, 5.74) is 2.45. The Morgan fingerprint density at radius 2 is 2.00 bits per heavy atom. The van der Waals surface area contributed by atoms with Crippen molar-refractivity contribution in [2.75, 3.05) is 16.9 Å². The maximum Gasteiger partial charge on any atom is 0.264 e. The van der Waals surface area contributed by atoms with Crippen LogP contribution in [0.2, 0.25) is 0 Å². The van der Waals surface area contributed by atoms with E-state index in [0.717, 1.165) is 11.1 Å². The first kappa shape index (κ1) is 13.3. The van der Waals surface area contributed by atoms with Crippen LogP contribution in [0.15, 0.2) is 18.2 Å². The zero-order valence-corrected chi connectivity index (χ0v) is 11.7. The molecule has 1 aliphatic rings. The van der Waals surface area contributed by atoms with Gasteiger partial charge in [0.2, 0.25) is 6.01 Å². The van der Waals surface area contributed by atoms with Crippen LogP contribution < -0.4 is 4.31 Å². The molecule has 0 N–H and O–H groups in total. The van der Waals surface area contributed by atoms with Crippen LogP contribution in [0.25, 0.3) is 0 Å². The molecule has 1 aliphatic heterocycles. The molecule has 0 amide bonds. The second-order valence-corrected chi connectivity index (χ2v) is 7.43. The summed E-state index contributed by atoms with van der Waals surface area (Å²) in [4.78, 5) is 0. The standard InChI is InChI=1S/C13H18FNO2S/c1-13(2,3)11-6-4-5-10-7-8-15(12(10)11)18(16,17)9-14/h4-6H,7-9H2,1-3H3. The molecule has 1 aromatic rings. The molecule has 0 fully saturated rings. The van der Waals surface area contributed by atoms with Gasteiger partial charge in [0.15, 0.2) is 0 Å². The maximum absolute atomic E-state index is 12.7. The molecule has 0 atom stereocenters. The van der Waals surface area contributed by atoms with Gasteiger partial charge in [-0.1, -0.05) is 39.0 Å². The van der Waals surface area contributed by atoms with Crippen molar-refractivity contribution in [3.05, 3.63) is 29.3 Å². The van der Waals surface area contributed by atoms with Crippen molar-refractivity contribution in [1.82, 2.24) is 0 Å². The van der Waals surface area contributed by atoms with Gasteiger partial charge in [-0.2, -0.15) is 0 Å². The molecule has 1 aromatic carbocycles. The molecule has 5 heteroatoms. The Kier molecular flexibility index (Phi) is 3.13. The molecule has 2 rings (SSSR count). The second kappa shape index (κ2) is 4.23. The number of hydrogen-bond acceptors (Lipinski definition) is 2. The minimum Gasteiger partial charge on any atom is -0.267 e. The van der Waals surface area contributed by atoms with Crippen LogP contribution in [-0.2, 0) is 21.9 Å². The van der Waals surface area contributed by atoms with Gasteiger partial charge in [0.25, 0.3) is 10.0 Å². The van der Waals surface area contributed by atoms with Crippen molar-refractivity contribution < 1.29 is 12.8 Å². The molecule has 0 saturated heterocycles. The van der Waals surface area contributed by atoms with E-state index in [9.17, 15) is 12.8 Å². The molecule has 0 spiro atoms. The zero-order valence-electron chi connectivity index (χ0n) is 10.9. The molecule has 100 valence electrons. The minimum absolute atomic E-state index is 0.167. The van der Waals surface area contributed by atoms with Crippen molar-refractivity contribution in [3.8, 4) is 0 Å². The molecule has 0 saturated carbocycles. The topological polar surface area (TPSA) is 37.4 Å². The summed E-state index contributed by atoms with van der Waals surface area (Å²) in [7, 11) is -3.83. The van der Waals surface area contributed by atoms with E-state index in [1.165, 1.54) is 4.31 Å². The zero-order chi connectivity index (χ0) is 13.6. The van der Waals surface area contributed by atoms with E-state index in [4.69, 9.17) is 0 Å². The highest BCUT2D eigenvalue weighted by Crippen LogP contribution is 2.39. The quantitative estimate of drug-likeness (QED) is 0.829. The number of sulfonamides is 1. The number of hydrogen-bond donors (Lipinski definition) is 0. The number of halogens is 1. The van der Waals surface area contributed by atoms with E-state index in [-0.39, 0.29) is 5.41 Å². The highest BCUT2D eigenvalue weighted by atomic mass is 32.2. The first-order chi connectivity index (χ1) is 8.27. The summed E-state index contributed by atoms with van der Waals surface area (Å²) < 4.78 is 37.5. The highest BCUT2D eigenvalue weighted by molar-refractivity contribution is 7.92. The van der Waals surface area contributed by atoms with E-state index in [2.05, 4.69) is 0 Å². The van der Waals surface area contributed by atoms with Crippen molar-refractivity contribution in [2.24, 2.45) is 0 Å². The van der Waals surface area contributed by atoms with E-state index in [0.29, 0.717) is 18.7 Å². The first-order valence-electron chi connectivity index (χ1n) is 5.96. The van der Waals surface area contributed by atoms with Gasteiger partial charge in [-0.15, -0.1) is 0 Å². The van der Waals surface area contributed by atoms with Crippen LogP contribution in [0.1, 0.15) is 31.9 Å². The Morgan fingerprint density at radius 1 is 1.33 bits per heavy atom. The van der Waals surface area contributed by atoms with Gasteiger partial charge < -0.3 is 0 Å². The SMILES string of the molecule is CC(C)(C)c1cccc2c1N(S(=O)(=O)CF)CC2. The predicted molar refractivity (Wildman–Crippen MR) is 71.1 cm³/mol. The van der Waals surface area contributed by atoms with Gasteiger partial charge in [0.05, 0.1) is 5.69 Å². The molecule has 3 nitrogen and oxygen atoms in total. The minimum atomic E-state index is -3.83. The van der Waals surface area contributed by atoms with Crippen molar-refractivity contribution >= 4 is 15.7 Å². The van der Waals surface area contributed by atoms with Gasteiger partial charge in [-0.3, -0.25) is 4.31 Å². The van der Waals surface area contributed by atoms with E-state index in [1.54, 1.807) is 0 Å². The van der Waals surface area contributed by atoms with Gasteiger partial charge >= 0.3 is 0 Å². The summed E-state index contributed by atoms with van der Waals surface area (Å²) in [6, 6.07) is 4.43. The van der Waals surface area contributed by atoms with Crippen LogP contribution in [-0.4, -0.2) is 21.0 Å². The number of alkyl halides is 1. The number of rotatable bonds is 2. The second-order valence-electron chi connectivity index (χ2n) is 5.61. The fourth-order valence-electron chi connectivity index (χ4n) is 2.36. The molecule has 0 radical (unpaired) electrons. The van der Waals surface area contributed by atoms with Crippen LogP contribution in [0.3, 0.4) is 0 Å². The summed E-state index contributed by atoms with van der Waals surface area (Å²) in [6.45, 7) is 6.43. The first-order valence-corrected chi connectivity index (χ1v) is 7.57. The Morgan fingerprint density at radius 3 is 2.56 bits per heavy atom. The average molecular weight is 271 g/mol. The summed E-state index contributed by atoms with van der Waals surface area (Å²) >= 11 is 0. The fraction of sp³-hybridized carbons (Fsp3) is 0.538. The van der Waals surface area contributed by atoms with E-state index in [1.807, 2.05) is 39.0 Å². The summed E-state index contributed by atoms with van der Waals surface area (Å²) in [5, 5.41) is 0. The van der Waals surface area contributed by atoms with Gasteiger partial charge in [0, 0.05) is 6.54 Å². The van der Waals surface area contributed by atoms with E-state index >= 15 is 0 Å². The van der Waals surface area contributed by atoms with Crippen molar-refractivity contribution in [2.45, 2.75) is 32.6 Å². The predicted octanol–water partition coefficient (Wildman–Crippen LogP) is 2.60. The van der Waals surface area contributed by atoms with Crippen LogP contribution in [0.5, 0.6) is 0 Å². The van der Waals surface area contributed by atoms with Gasteiger partial charge in [-0.25, -0.2) is 12.8 Å². The lowest BCUT2D eigenvalue weighted by Gasteiger charge is -2.27. The third kappa shape index (κ3) is 2.11. The normalized spacial score (nSPS) is 15.9. The molecule has 0 aromatic heterocycles. The largest absolute Gasteiger partial charge is 0.267 e. The third-order valence-electron chi connectivity index (χ3n) is 3.23. The van der Waals surface area contributed by atoms with E-state index < -0.39 is 16.0 Å².